The van der Waals surface area contributed by atoms with Crippen LogP contribution >= 0.6 is 0 Å². The van der Waals surface area contributed by atoms with E-state index >= 15 is 0 Å². The molecule has 0 amide bonds. The molecule has 4 heteroatoms. The first kappa shape index (κ1) is 17.2. The molecular formula is C17H34N2O2. The number of nitrogens with one attached hydrogen (secondary N) is 1. The molecule has 124 valence electrons. The highest BCUT2D eigenvalue weighted by Gasteiger charge is 2.21. The van der Waals surface area contributed by atoms with Gasteiger partial charge in [-0.2, -0.15) is 0 Å². The molecule has 2 unspecified atom stereocenters. The molecule has 2 atom stereocenters. The molecule has 0 radical (unpaired) electrons. The monoisotopic (exact) mass is 298 g/mol. The van der Waals surface area contributed by atoms with Crippen LogP contribution in [0.4, 0.5) is 0 Å². The molecule has 0 aromatic carbocycles. The molecule has 2 fully saturated rings. The fourth-order valence-electron chi connectivity index (χ4n) is 3.52. The van der Waals surface area contributed by atoms with E-state index in [0.29, 0.717) is 19.3 Å². The number of aliphatic hydroxyl groups excluding tert-OH is 1. The highest BCUT2D eigenvalue weighted by atomic mass is 16.5. The zero-order chi connectivity index (χ0) is 15.1. The van der Waals surface area contributed by atoms with Gasteiger partial charge in [0.05, 0.1) is 18.8 Å². The van der Waals surface area contributed by atoms with Crippen molar-refractivity contribution in [1.29, 1.82) is 0 Å². The van der Waals surface area contributed by atoms with Crippen LogP contribution in [0.5, 0.6) is 0 Å². The van der Waals surface area contributed by atoms with Crippen LogP contribution in [0.25, 0.3) is 0 Å². The van der Waals surface area contributed by atoms with Crippen molar-refractivity contribution in [2.75, 3.05) is 39.3 Å². The van der Waals surface area contributed by atoms with Gasteiger partial charge in [0.2, 0.25) is 0 Å². The molecule has 0 aromatic rings. The summed E-state index contributed by atoms with van der Waals surface area (Å²) in [7, 11) is 0. The van der Waals surface area contributed by atoms with E-state index in [0.717, 1.165) is 37.8 Å². The third kappa shape index (κ3) is 6.23. The first-order valence-corrected chi connectivity index (χ1v) is 8.90. The lowest BCUT2D eigenvalue weighted by Gasteiger charge is -2.27. The molecular weight excluding hydrogens is 264 g/mol. The third-order valence-electron chi connectivity index (χ3n) is 5.12. The number of ether oxygens (including phenoxy) is 1. The van der Waals surface area contributed by atoms with Gasteiger partial charge in [-0.25, -0.2) is 0 Å². The van der Waals surface area contributed by atoms with Crippen molar-refractivity contribution in [3.05, 3.63) is 0 Å². The topological polar surface area (TPSA) is 44.7 Å². The standard InChI is InChI=1S/C17H34N2O2/c1-3-19-9-8-15(12-19)10-18-11-16(20)13-21-17-6-4-14(2)5-7-17/h14-18,20H,3-13H2,1-2H3. The average molecular weight is 298 g/mol. The molecule has 2 rings (SSSR count). The average Bonchev–Trinajstić information content (AvgIpc) is 2.95. The molecule has 0 aromatic heterocycles. The van der Waals surface area contributed by atoms with Gasteiger partial charge in [-0.05, 0) is 63.6 Å². The van der Waals surface area contributed by atoms with Crippen LogP contribution < -0.4 is 5.32 Å². The largest absolute Gasteiger partial charge is 0.389 e. The van der Waals surface area contributed by atoms with Gasteiger partial charge in [0.15, 0.2) is 0 Å². The summed E-state index contributed by atoms with van der Waals surface area (Å²) in [4.78, 5) is 2.50. The van der Waals surface area contributed by atoms with Crippen molar-refractivity contribution in [2.45, 2.75) is 58.2 Å². The minimum absolute atomic E-state index is 0.368. The number of hydrogen-bond donors (Lipinski definition) is 2. The van der Waals surface area contributed by atoms with Crippen molar-refractivity contribution in [2.24, 2.45) is 11.8 Å². The summed E-state index contributed by atoms with van der Waals surface area (Å²) >= 11 is 0. The Morgan fingerprint density at radius 3 is 2.67 bits per heavy atom. The van der Waals surface area contributed by atoms with E-state index in [-0.39, 0.29) is 6.10 Å². The minimum atomic E-state index is -0.368. The van der Waals surface area contributed by atoms with Crippen LogP contribution in [-0.4, -0.2) is 61.5 Å². The number of nitrogens with zero attached hydrogens (tertiary/aromatic N) is 1. The Kier molecular flexibility index (Phi) is 7.44. The van der Waals surface area contributed by atoms with Gasteiger partial charge in [0.1, 0.15) is 0 Å². The van der Waals surface area contributed by atoms with Crippen molar-refractivity contribution in [3.8, 4) is 0 Å². The van der Waals surface area contributed by atoms with Crippen LogP contribution in [0, 0.1) is 11.8 Å². The number of aliphatic hydroxyl groups is 1. The summed E-state index contributed by atoms with van der Waals surface area (Å²) in [6.07, 6.45) is 6.17. The Morgan fingerprint density at radius 2 is 2.00 bits per heavy atom. The van der Waals surface area contributed by atoms with E-state index in [1.807, 2.05) is 0 Å². The summed E-state index contributed by atoms with van der Waals surface area (Å²) in [6.45, 7) is 10.3. The van der Waals surface area contributed by atoms with Gasteiger partial charge in [-0.1, -0.05) is 13.8 Å². The summed E-state index contributed by atoms with van der Waals surface area (Å²) in [5.74, 6) is 1.60. The molecule has 0 spiro atoms. The summed E-state index contributed by atoms with van der Waals surface area (Å²) in [5.41, 5.74) is 0. The Bertz CT molecular complexity index is 280. The molecule has 1 aliphatic heterocycles. The number of likely N-dealkylation sites (tertiary alicyclic amines) is 1. The van der Waals surface area contributed by atoms with Crippen LogP contribution in [0.15, 0.2) is 0 Å². The Labute approximate surface area is 130 Å². The smallest absolute Gasteiger partial charge is 0.0897 e. The lowest BCUT2D eigenvalue weighted by molar-refractivity contribution is -0.0279. The normalized spacial score (nSPS) is 32.4. The predicted molar refractivity (Wildman–Crippen MR) is 86.5 cm³/mol. The maximum atomic E-state index is 10.0. The summed E-state index contributed by atoms with van der Waals surface area (Å²) < 4.78 is 5.85. The van der Waals surface area contributed by atoms with Crippen molar-refractivity contribution in [3.63, 3.8) is 0 Å². The highest BCUT2D eigenvalue weighted by molar-refractivity contribution is 4.77. The second-order valence-electron chi connectivity index (χ2n) is 7.08. The van der Waals surface area contributed by atoms with E-state index in [1.54, 1.807) is 0 Å². The molecule has 21 heavy (non-hydrogen) atoms. The van der Waals surface area contributed by atoms with Gasteiger partial charge in [-0.3, -0.25) is 0 Å². The summed E-state index contributed by atoms with van der Waals surface area (Å²) in [5, 5.41) is 13.4. The molecule has 1 saturated carbocycles. The number of rotatable bonds is 8. The first-order valence-electron chi connectivity index (χ1n) is 8.90. The van der Waals surface area contributed by atoms with E-state index in [9.17, 15) is 5.11 Å². The first-order chi connectivity index (χ1) is 10.2. The molecule has 1 heterocycles. The van der Waals surface area contributed by atoms with Gasteiger partial charge < -0.3 is 20.1 Å². The predicted octanol–water partition coefficient (Wildman–Crippen LogP) is 1.87. The summed E-state index contributed by atoms with van der Waals surface area (Å²) in [6, 6.07) is 0. The van der Waals surface area contributed by atoms with Gasteiger partial charge >= 0.3 is 0 Å². The van der Waals surface area contributed by atoms with Crippen molar-refractivity contribution >= 4 is 0 Å². The van der Waals surface area contributed by atoms with Gasteiger partial charge in [0, 0.05) is 13.1 Å². The van der Waals surface area contributed by atoms with Crippen LogP contribution in [0.1, 0.15) is 46.0 Å². The van der Waals surface area contributed by atoms with E-state index in [2.05, 4.69) is 24.1 Å². The second-order valence-corrected chi connectivity index (χ2v) is 7.08. The quantitative estimate of drug-likeness (QED) is 0.718. The van der Waals surface area contributed by atoms with E-state index in [1.165, 1.54) is 32.4 Å². The highest BCUT2D eigenvalue weighted by Crippen LogP contribution is 2.25. The molecule has 4 nitrogen and oxygen atoms in total. The maximum absolute atomic E-state index is 10.0. The fraction of sp³-hybridized carbons (Fsp3) is 1.00. The molecule has 1 saturated heterocycles. The van der Waals surface area contributed by atoms with Crippen LogP contribution in [-0.2, 0) is 4.74 Å². The second kappa shape index (κ2) is 9.09. The van der Waals surface area contributed by atoms with E-state index in [4.69, 9.17) is 4.74 Å². The van der Waals surface area contributed by atoms with Crippen LogP contribution in [0.3, 0.4) is 0 Å². The number of hydrogen-bond acceptors (Lipinski definition) is 4. The molecule has 1 aliphatic carbocycles. The zero-order valence-electron chi connectivity index (χ0n) is 13.9. The molecule has 2 N–H and O–H groups in total. The zero-order valence-corrected chi connectivity index (χ0v) is 13.9. The SMILES string of the molecule is CCN1CCC(CNCC(O)COC2CCC(C)CC2)C1. The van der Waals surface area contributed by atoms with Crippen LogP contribution in [0.2, 0.25) is 0 Å². The van der Waals surface area contributed by atoms with Crippen molar-refractivity contribution in [1.82, 2.24) is 10.2 Å². The lowest BCUT2D eigenvalue weighted by atomic mass is 9.89. The Morgan fingerprint density at radius 1 is 1.24 bits per heavy atom. The van der Waals surface area contributed by atoms with Gasteiger partial charge in [-0.15, -0.1) is 0 Å². The van der Waals surface area contributed by atoms with Crippen molar-refractivity contribution < 1.29 is 9.84 Å². The van der Waals surface area contributed by atoms with E-state index < -0.39 is 0 Å². The maximum Gasteiger partial charge on any atom is 0.0897 e. The molecule has 2 aliphatic rings. The Balaban J connectivity index is 1.49. The Hall–Kier alpha value is -0.160. The van der Waals surface area contributed by atoms with Gasteiger partial charge in [0.25, 0.3) is 0 Å². The lowest BCUT2D eigenvalue weighted by Crippen LogP contribution is -2.35. The molecule has 0 bridgehead atoms. The minimum Gasteiger partial charge on any atom is -0.389 e. The fourth-order valence-corrected chi connectivity index (χ4v) is 3.52. The third-order valence-corrected chi connectivity index (χ3v) is 5.12.